The summed E-state index contributed by atoms with van der Waals surface area (Å²) in [5.74, 6) is 0.846. The van der Waals surface area contributed by atoms with Crippen molar-refractivity contribution in [2.75, 3.05) is 6.61 Å². The average Bonchev–Trinajstić information content (AvgIpc) is 2.57. The van der Waals surface area contributed by atoms with Crippen molar-refractivity contribution < 1.29 is 9.15 Å². The van der Waals surface area contributed by atoms with Crippen molar-refractivity contribution in [2.45, 2.75) is 6.92 Å². The zero-order chi connectivity index (χ0) is 8.65. The number of rotatable bonds is 4. The van der Waals surface area contributed by atoms with Crippen LogP contribution in [0.5, 0.6) is 0 Å². The van der Waals surface area contributed by atoms with Crippen molar-refractivity contribution in [2.24, 2.45) is 0 Å². The van der Waals surface area contributed by atoms with Gasteiger partial charge in [0.25, 0.3) is 0 Å². The maximum absolute atomic E-state index is 5.08. The third kappa shape index (κ3) is 3.10. The molecule has 0 aromatic carbocycles. The molecule has 1 rings (SSSR count). The molecule has 0 radical (unpaired) electrons. The van der Waals surface area contributed by atoms with E-state index in [1.165, 1.54) is 0 Å². The van der Waals surface area contributed by atoms with Crippen molar-refractivity contribution in [3.05, 3.63) is 42.6 Å². The van der Waals surface area contributed by atoms with Gasteiger partial charge in [-0.15, -0.1) is 0 Å². The molecule has 0 saturated heterocycles. The highest BCUT2D eigenvalue weighted by molar-refractivity contribution is 5.41. The minimum absolute atomic E-state index is 0.574. The monoisotopic (exact) mass is 164 g/mol. The lowest BCUT2D eigenvalue weighted by molar-refractivity contribution is 0.289. The van der Waals surface area contributed by atoms with Crippen LogP contribution in [0.4, 0.5) is 0 Å². The maximum Gasteiger partial charge on any atom is 0.126 e. The first-order valence-electron chi connectivity index (χ1n) is 3.86. The standard InChI is InChI=1S/C10H12O2/c1-2-7-11-8-3-5-10-6-4-9-12-10/h2-7,9H,8H2,1H3/b5-3+,7-2+. The van der Waals surface area contributed by atoms with Crippen LogP contribution in [-0.4, -0.2) is 6.61 Å². The Bertz CT molecular complexity index is 245. The van der Waals surface area contributed by atoms with Gasteiger partial charge in [0, 0.05) is 0 Å². The van der Waals surface area contributed by atoms with Crippen LogP contribution in [0, 0.1) is 0 Å². The summed E-state index contributed by atoms with van der Waals surface area (Å²) in [5.41, 5.74) is 0. The van der Waals surface area contributed by atoms with Crippen molar-refractivity contribution in [3.8, 4) is 0 Å². The normalized spacial score (nSPS) is 11.4. The molecule has 0 spiro atoms. The van der Waals surface area contributed by atoms with Crippen LogP contribution in [-0.2, 0) is 4.74 Å². The molecule has 12 heavy (non-hydrogen) atoms. The summed E-state index contributed by atoms with van der Waals surface area (Å²) < 4.78 is 10.2. The first-order chi connectivity index (χ1) is 5.93. The van der Waals surface area contributed by atoms with Gasteiger partial charge in [-0.1, -0.05) is 6.08 Å². The van der Waals surface area contributed by atoms with Gasteiger partial charge in [0.05, 0.1) is 12.5 Å². The van der Waals surface area contributed by atoms with Crippen LogP contribution in [0.2, 0.25) is 0 Å². The SMILES string of the molecule is C/C=C/OC/C=C/c1ccco1. The topological polar surface area (TPSA) is 22.4 Å². The Kier molecular flexibility index (Phi) is 3.78. The van der Waals surface area contributed by atoms with E-state index in [2.05, 4.69) is 0 Å². The van der Waals surface area contributed by atoms with Crippen LogP contribution < -0.4 is 0 Å². The van der Waals surface area contributed by atoms with Gasteiger partial charge >= 0.3 is 0 Å². The fourth-order valence-corrected chi connectivity index (χ4v) is 0.758. The Morgan fingerprint density at radius 3 is 3.17 bits per heavy atom. The van der Waals surface area contributed by atoms with E-state index in [9.17, 15) is 0 Å². The lowest BCUT2D eigenvalue weighted by Crippen LogP contribution is -1.78. The molecular formula is C10H12O2. The van der Waals surface area contributed by atoms with E-state index < -0.39 is 0 Å². The first-order valence-corrected chi connectivity index (χ1v) is 3.86. The lowest BCUT2D eigenvalue weighted by Gasteiger charge is -1.91. The van der Waals surface area contributed by atoms with E-state index >= 15 is 0 Å². The molecule has 0 atom stereocenters. The molecule has 2 nitrogen and oxygen atoms in total. The third-order valence-corrected chi connectivity index (χ3v) is 1.25. The molecule has 0 aliphatic rings. The molecule has 0 N–H and O–H groups in total. The smallest absolute Gasteiger partial charge is 0.126 e. The quantitative estimate of drug-likeness (QED) is 0.504. The van der Waals surface area contributed by atoms with Gasteiger partial charge in [-0.05, 0) is 31.2 Å². The summed E-state index contributed by atoms with van der Waals surface area (Å²) in [6, 6.07) is 3.75. The number of hydrogen-bond acceptors (Lipinski definition) is 2. The summed E-state index contributed by atoms with van der Waals surface area (Å²) in [6.07, 6.45) is 8.93. The second kappa shape index (κ2) is 5.24. The number of ether oxygens (including phenoxy) is 1. The Balaban J connectivity index is 2.23. The molecule has 1 aromatic heterocycles. The van der Waals surface area contributed by atoms with Gasteiger partial charge in [-0.25, -0.2) is 0 Å². The van der Waals surface area contributed by atoms with E-state index in [-0.39, 0.29) is 0 Å². The van der Waals surface area contributed by atoms with Crippen LogP contribution >= 0.6 is 0 Å². The summed E-state index contributed by atoms with van der Waals surface area (Å²) >= 11 is 0. The predicted octanol–water partition coefficient (Wildman–Crippen LogP) is 2.84. The van der Waals surface area contributed by atoms with Gasteiger partial charge in [0.1, 0.15) is 12.4 Å². The summed E-state index contributed by atoms with van der Waals surface area (Å²) in [4.78, 5) is 0. The lowest BCUT2D eigenvalue weighted by atomic mass is 10.4. The molecule has 64 valence electrons. The predicted molar refractivity (Wildman–Crippen MR) is 48.5 cm³/mol. The number of furan rings is 1. The molecular weight excluding hydrogens is 152 g/mol. The van der Waals surface area contributed by atoms with E-state index in [1.807, 2.05) is 37.3 Å². The molecule has 1 aromatic rings. The summed E-state index contributed by atoms with van der Waals surface area (Å²) in [7, 11) is 0. The summed E-state index contributed by atoms with van der Waals surface area (Å²) in [6.45, 7) is 2.49. The molecule has 0 amide bonds. The second-order valence-electron chi connectivity index (χ2n) is 2.22. The Hall–Kier alpha value is -1.44. The van der Waals surface area contributed by atoms with Crippen LogP contribution in [0.3, 0.4) is 0 Å². The maximum atomic E-state index is 5.08. The number of allylic oxidation sites excluding steroid dienone is 1. The molecule has 0 bridgehead atoms. The van der Waals surface area contributed by atoms with Gasteiger partial charge in [0.15, 0.2) is 0 Å². The Morgan fingerprint density at radius 2 is 2.50 bits per heavy atom. The van der Waals surface area contributed by atoms with E-state index in [0.717, 1.165) is 5.76 Å². The fraction of sp³-hybridized carbons (Fsp3) is 0.200. The molecule has 0 aliphatic heterocycles. The molecule has 0 unspecified atom stereocenters. The molecule has 0 aliphatic carbocycles. The van der Waals surface area contributed by atoms with Gasteiger partial charge < -0.3 is 9.15 Å². The largest absolute Gasteiger partial charge is 0.497 e. The van der Waals surface area contributed by atoms with Crippen molar-refractivity contribution in [1.29, 1.82) is 0 Å². The fourth-order valence-electron chi connectivity index (χ4n) is 0.758. The van der Waals surface area contributed by atoms with Crippen LogP contribution in [0.25, 0.3) is 6.08 Å². The van der Waals surface area contributed by atoms with Crippen LogP contribution in [0.1, 0.15) is 12.7 Å². The van der Waals surface area contributed by atoms with Crippen molar-refractivity contribution in [1.82, 2.24) is 0 Å². The molecule has 2 heteroatoms. The van der Waals surface area contributed by atoms with E-state index in [0.29, 0.717) is 6.61 Å². The van der Waals surface area contributed by atoms with Gasteiger partial charge in [-0.3, -0.25) is 0 Å². The van der Waals surface area contributed by atoms with Gasteiger partial charge in [-0.2, -0.15) is 0 Å². The number of hydrogen-bond donors (Lipinski definition) is 0. The minimum Gasteiger partial charge on any atom is -0.497 e. The van der Waals surface area contributed by atoms with Crippen molar-refractivity contribution in [3.63, 3.8) is 0 Å². The first kappa shape index (κ1) is 8.65. The highest BCUT2D eigenvalue weighted by Crippen LogP contribution is 2.01. The molecule has 0 saturated carbocycles. The zero-order valence-electron chi connectivity index (χ0n) is 7.07. The van der Waals surface area contributed by atoms with Crippen LogP contribution in [0.15, 0.2) is 41.2 Å². The van der Waals surface area contributed by atoms with Crippen molar-refractivity contribution >= 4 is 6.08 Å². The minimum atomic E-state index is 0.574. The van der Waals surface area contributed by atoms with E-state index in [4.69, 9.17) is 9.15 Å². The van der Waals surface area contributed by atoms with Gasteiger partial charge in [0.2, 0.25) is 0 Å². The Morgan fingerprint density at radius 1 is 1.58 bits per heavy atom. The zero-order valence-corrected chi connectivity index (χ0v) is 7.07. The highest BCUT2D eigenvalue weighted by Gasteiger charge is 1.84. The molecule has 1 heterocycles. The summed E-state index contributed by atoms with van der Waals surface area (Å²) in [5, 5.41) is 0. The average molecular weight is 164 g/mol. The molecule has 0 fully saturated rings. The second-order valence-corrected chi connectivity index (χ2v) is 2.22. The Labute approximate surface area is 72.1 Å². The van der Waals surface area contributed by atoms with E-state index in [1.54, 1.807) is 12.5 Å². The highest BCUT2D eigenvalue weighted by atomic mass is 16.5. The third-order valence-electron chi connectivity index (χ3n) is 1.25.